The summed E-state index contributed by atoms with van der Waals surface area (Å²) in [6.45, 7) is 0.374. The first kappa shape index (κ1) is 20.3. The van der Waals surface area contributed by atoms with Crippen molar-refractivity contribution in [1.82, 2.24) is 0 Å². The molecule has 0 aliphatic rings. The summed E-state index contributed by atoms with van der Waals surface area (Å²) in [4.78, 5) is 12.3. The molecule has 6 heteroatoms. The Labute approximate surface area is 174 Å². The van der Waals surface area contributed by atoms with Gasteiger partial charge in [-0.15, -0.1) is 0 Å². The third kappa shape index (κ3) is 5.53. The van der Waals surface area contributed by atoms with Gasteiger partial charge in [-0.05, 0) is 41.5 Å². The van der Waals surface area contributed by atoms with Crippen LogP contribution in [0.1, 0.15) is 11.1 Å². The van der Waals surface area contributed by atoms with Crippen LogP contribution in [0, 0.1) is 0 Å². The highest BCUT2D eigenvalue weighted by Crippen LogP contribution is 2.32. The Balaban J connectivity index is 1.65. The highest BCUT2D eigenvalue weighted by molar-refractivity contribution is 6.35. The molecule has 0 fully saturated rings. The topological polar surface area (TPSA) is 67.8 Å². The molecule has 3 aromatic rings. The average Bonchev–Trinajstić information content (AvgIpc) is 2.74. The number of amides is 1. The van der Waals surface area contributed by atoms with Crippen molar-refractivity contribution in [3.63, 3.8) is 0 Å². The van der Waals surface area contributed by atoms with Gasteiger partial charge >= 0.3 is 0 Å². The summed E-state index contributed by atoms with van der Waals surface area (Å²) >= 11 is 6.38. The van der Waals surface area contributed by atoms with Gasteiger partial charge in [-0.1, -0.05) is 54.1 Å². The fourth-order valence-corrected chi connectivity index (χ4v) is 2.84. The Bertz CT molecular complexity index is 1020. The van der Waals surface area contributed by atoms with Crippen LogP contribution in [0.25, 0.3) is 6.08 Å². The van der Waals surface area contributed by atoms with Gasteiger partial charge < -0.3 is 19.9 Å². The summed E-state index contributed by atoms with van der Waals surface area (Å²) in [7, 11) is 1.47. The number of halogens is 1. The summed E-state index contributed by atoms with van der Waals surface area (Å²) in [6, 6.07) is 19.8. The Morgan fingerprint density at radius 3 is 2.59 bits per heavy atom. The monoisotopic (exact) mass is 409 g/mol. The zero-order valence-electron chi connectivity index (χ0n) is 15.8. The molecule has 0 aliphatic heterocycles. The number of ether oxygens (including phenoxy) is 2. The fraction of sp³-hybridized carbons (Fsp3) is 0.0870. The number of phenolic OH excluding ortho intramolecular Hbond substituents is 1. The first-order valence-electron chi connectivity index (χ1n) is 8.88. The number of methoxy groups -OCH3 is 1. The number of nitrogens with one attached hydrogen (secondary N) is 1. The zero-order chi connectivity index (χ0) is 20.6. The van der Waals surface area contributed by atoms with Gasteiger partial charge in [0.1, 0.15) is 17.4 Å². The van der Waals surface area contributed by atoms with Gasteiger partial charge in [0.2, 0.25) is 5.91 Å². The predicted octanol–water partition coefficient (Wildman–Crippen LogP) is 5.29. The van der Waals surface area contributed by atoms with E-state index in [1.165, 1.54) is 19.3 Å². The Morgan fingerprint density at radius 1 is 1.07 bits per heavy atom. The molecular weight excluding hydrogens is 390 g/mol. The van der Waals surface area contributed by atoms with Crippen LogP contribution in [-0.2, 0) is 11.4 Å². The molecular formula is C23H20ClNO4. The van der Waals surface area contributed by atoms with Gasteiger partial charge in [-0.25, -0.2) is 0 Å². The van der Waals surface area contributed by atoms with Crippen LogP contribution in [0.15, 0.2) is 72.8 Å². The third-order valence-electron chi connectivity index (χ3n) is 4.09. The van der Waals surface area contributed by atoms with Gasteiger partial charge in [0.15, 0.2) is 11.5 Å². The van der Waals surface area contributed by atoms with Crippen LogP contribution in [0.3, 0.4) is 0 Å². The summed E-state index contributed by atoms with van der Waals surface area (Å²) in [5.41, 5.74) is 2.12. The molecule has 0 saturated heterocycles. The lowest BCUT2D eigenvalue weighted by atomic mass is 10.2. The summed E-state index contributed by atoms with van der Waals surface area (Å²) in [5, 5.41) is 12.9. The predicted molar refractivity (Wildman–Crippen MR) is 115 cm³/mol. The number of benzene rings is 3. The minimum Gasteiger partial charge on any atom is -0.504 e. The van der Waals surface area contributed by atoms with E-state index in [1.807, 2.05) is 30.3 Å². The molecule has 3 rings (SSSR count). The molecule has 29 heavy (non-hydrogen) atoms. The molecule has 0 unspecified atom stereocenters. The van der Waals surface area contributed by atoms with E-state index in [1.54, 1.807) is 36.4 Å². The van der Waals surface area contributed by atoms with Crippen molar-refractivity contribution in [1.29, 1.82) is 0 Å². The van der Waals surface area contributed by atoms with E-state index in [4.69, 9.17) is 21.1 Å². The third-order valence-corrected chi connectivity index (χ3v) is 4.48. The first-order chi connectivity index (χ1) is 14.1. The Morgan fingerprint density at radius 2 is 1.86 bits per heavy atom. The van der Waals surface area contributed by atoms with E-state index in [0.29, 0.717) is 34.4 Å². The lowest BCUT2D eigenvalue weighted by Crippen LogP contribution is -2.08. The van der Waals surface area contributed by atoms with Gasteiger partial charge in [0.05, 0.1) is 12.8 Å². The molecule has 0 aromatic heterocycles. The van der Waals surface area contributed by atoms with Crippen molar-refractivity contribution < 1.29 is 19.4 Å². The molecule has 0 saturated carbocycles. The smallest absolute Gasteiger partial charge is 0.248 e. The molecule has 0 radical (unpaired) electrons. The number of anilines is 1. The SMILES string of the molecule is COc1ccc(/C=C/C(=O)Nc2cccc(OCc3ccccc3)c2Cl)cc1O. The van der Waals surface area contributed by atoms with Crippen LogP contribution in [0.2, 0.25) is 5.02 Å². The summed E-state index contributed by atoms with van der Waals surface area (Å²) in [5.74, 6) is 0.492. The average molecular weight is 410 g/mol. The maximum absolute atomic E-state index is 12.3. The summed E-state index contributed by atoms with van der Waals surface area (Å²) < 4.78 is 10.8. The van der Waals surface area contributed by atoms with Crippen molar-refractivity contribution in [3.05, 3.63) is 89.0 Å². The second-order valence-electron chi connectivity index (χ2n) is 6.15. The van der Waals surface area contributed by atoms with Gasteiger partial charge in [0.25, 0.3) is 0 Å². The number of carbonyl (C=O) groups excluding carboxylic acids is 1. The number of hydrogen-bond donors (Lipinski definition) is 2. The largest absolute Gasteiger partial charge is 0.504 e. The molecule has 5 nitrogen and oxygen atoms in total. The van der Waals surface area contributed by atoms with Crippen molar-refractivity contribution in [2.24, 2.45) is 0 Å². The quantitative estimate of drug-likeness (QED) is 0.520. The van der Waals surface area contributed by atoms with Crippen LogP contribution >= 0.6 is 11.6 Å². The normalized spacial score (nSPS) is 10.7. The first-order valence-corrected chi connectivity index (χ1v) is 9.26. The molecule has 3 aromatic carbocycles. The lowest BCUT2D eigenvalue weighted by Gasteiger charge is -2.11. The Kier molecular flexibility index (Phi) is 6.76. The lowest BCUT2D eigenvalue weighted by molar-refractivity contribution is -0.111. The van der Waals surface area contributed by atoms with E-state index >= 15 is 0 Å². The van der Waals surface area contributed by atoms with E-state index in [-0.39, 0.29) is 11.7 Å². The molecule has 0 heterocycles. The standard InChI is InChI=1S/C23H20ClNO4/c1-28-20-12-10-16(14-19(20)26)11-13-22(27)25-18-8-5-9-21(23(18)24)29-15-17-6-3-2-4-7-17/h2-14,26H,15H2,1H3,(H,25,27)/b13-11+. The maximum atomic E-state index is 12.3. The highest BCUT2D eigenvalue weighted by Gasteiger charge is 2.09. The van der Waals surface area contributed by atoms with Crippen molar-refractivity contribution in [2.75, 3.05) is 12.4 Å². The number of hydrogen-bond acceptors (Lipinski definition) is 4. The molecule has 1 amide bonds. The van der Waals surface area contributed by atoms with E-state index in [2.05, 4.69) is 5.32 Å². The number of rotatable bonds is 7. The number of carbonyl (C=O) groups is 1. The molecule has 0 aliphatic carbocycles. The Hall–Kier alpha value is -3.44. The van der Waals surface area contributed by atoms with Crippen LogP contribution in [0.5, 0.6) is 17.2 Å². The van der Waals surface area contributed by atoms with E-state index < -0.39 is 0 Å². The molecule has 148 valence electrons. The molecule has 0 bridgehead atoms. The highest BCUT2D eigenvalue weighted by atomic mass is 35.5. The van der Waals surface area contributed by atoms with Gasteiger partial charge in [-0.3, -0.25) is 4.79 Å². The van der Waals surface area contributed by atoms with Gasteiger partial charge in [-0.2, -0.15) is 0 Å². The van der Waals surface area contributed by atoms with E-state index in [0.717, 1.165) is 5.56 Å². The van der Waals surface area contributed by atoms with Crippen LogP contribution in [-0.4, -0.2) is 18.1 Å². The van der Waals surface area contributed by atoms with Crippen molar-refractivity contribution in [2.45, 2.75) is 6.61 Å². The van der Waals surface area contributed by atoms with Gasteiger partial charge in [0, 0.05) is 6.08 Å². The molecule has 0 spiro atoms. The zero-order valence-corrected chi connectivity index (χ0v) is 16.5. The minimum atomic E-state index is -0.359. The molecule has 2 N–H and O–H groups in total. The van der Waals surface area contributed by atoms with E-state index in [9.17, 15) is 9.90 Å². The van der Waals surface area contributed by atoms with Crippen molar-refractivity contribution in [3.8, 4) is 17.2 Å². The second-order valence-corrected chi connectivity index (χ2v) is 6.52. The number of phenols is 1. The van der Waals surface area contributed by atoms with Crippen LogP contribution < -0.4 is 14.8 Å². The minimum absolute atomic E-state index is 0.00127. The second kappa shape index (κ2) is 9.66. The fourth-order valence-electron chi connectivity index (χ4n) is 2.61. The summed E-state index contributed by atoms with van der Waals surface area (Å²) in [6.07, 6.45) is 2.94. The molecule has 0 atom stereocenters. The maximum Gasteiger partial charge on any atom is 0.248 e. The number of aromatic hydroxyl groups is 1. The van der Waals surface area contributed by atoms with Crippen LogP contribution in [0.4, 0.5) is 5.69 Å². The van der Waals surface area contributed by atoms with Crippen molar-refractivity contribution >= 4 is 29.3 Å².